The highest BCUT2D eigenvalue weighted by atomic mass is 32.2. The maximum absolute atomic E-state index is 13.2. The van der Waals surface area contributed by atoms with E-state index < -0.39 is 27.6 Å². The largest absolute Gasteiger partial charge is 0.489 e. The molecule has 0 spiro atoms. The number of piperidine rings is 1. The van der Waals surface area contributed by atoms with Gasteiger partial charge in [0.15, 0.2) is 0 Å². The number of carboxylic acid groups (broad SMARTS) is 1. The zero-order chi connectivity index (χ0) is 25.9. The number of rotatable bonds is 11. The number of aliphatic hydroxyl groups is 1. The second-order valence-electron chi connectivity index (χ2n) is 8.42. The van der Waals surface area contributed by atoms with E-state index in [9.17, 15) is 23.4 Å². The summed E-state index contributed by atoms with van der Waals surface area (Å²) in [5, 5.41) is 30.2. The van der Waals surface area contributed by atoms with Crippen LogP contribution in [0.5, 0.6) is 5.75 Å². The Morgan fingerprint density at radius 2 is 1.83 bits per heavy atom. The summed E-state index contributed by atoms with van der Waals surface area (Å²) in [5.41, 5.74) is -0.277. The highest BCUT2D eigenvalue weighted by Crippen LogP contribution is 2.32. The van der Waals surface area contributed by atoms with E-state index in [0.29, 0.717) is 12.4 Å². The summed E-state index contributed by atoms with van der Waals surface area (Å²) < 4.78 is 33.1. The Hall–Kier alpha value is -2.54. The minimum Gasteiger partial charge on any atom is -0.489 e. The molecule has 3 rings (SSSR count). The first-order valence-electron chi connectivity index (χ1n) is 11.5. The van der Waals surface area contributed by atoms with Gasteiger partial charge in [-0.25, -0.2) is 14.3 Å². The van der Waals surface area contributed by atoms with Gasteiger partial charge in [-0.2, -0.15) is 4.31 Å². The van der Waals surface area contributed by atoms with Crippen LogP contribution in [0.1, 0.15) is 38.2 Å². The second-order valence-corrected chi connectivity index (χ2v) is 10.3. The molecule has 0 amide bonds. The predicted octanol–water partition coefficient (Wildman–Crippen LogP) is 1.96. The van der Waals surface area contributed by atoms with Gasteiger partial charge in [-0.1, -0.05) is 43.7 Å². The highest BCUT2D eigenvalue weighted by Gasteiger charge is 2.46. The number of hydrogen-bond donors (Lipinski definition) is 5. The lowest BCUT2D eigenvalue weighted by atomic mass is 9.87. The molecule has 2 atom stereocenters. The van der Waals surface area contributed by atoms with E-state index >= 15 is 0 Å². The normalized spacial score (nSPS) is 20.5. The van der Waals surface area contributed by atoms with Gasteiger partial charge in [0.05, 0.1) is 10.5 Å². The number of ether oxygens (including phenoxy) is 1. The van der Waals surface area contributed by atoms with Crippen molar-refractivity contribution >= 4 is 16.0 Å². The van der Waals surface area contributed by atoms with Gasteiger partial charge in [-0.15, -0.1) is 0 Å². The van der Waals surface area contributed by atoms with Gasteiger partial charge in [0.25, 0.3) is 0 Å². The molecule has 10 nitrogen and oxygen atoms in total. The van der Waals surface area contributed by atoms with Crippen LogP contribution in [-0.2, 0) is 21.4 Å². The molecule has 0 unspecified atom stereocenters. The molecule has 2 aromatic carbocycles. The monoisotopic (exact) mass is 509 g/mol. The van der Waals surface area contributed by atoms with Crippen LogP contribution in [0.25, 0.3) is 0 Å². The van der Waals surface area contributed by atoms with Crippen molar-refractivity contribution in [2.45, 2.75) is 55.8 Å². The molecule has 35 heavy (non-hydrogen) atoms. The number of nitrogens with zero attached hydrogens (tertiary/aromatic N) is 1. The van der Waals surface area contributed by atoms with E-state index in [4.69, 9.17) is 9.94 Å². The molecule has 1 aliphatic rings. The number of carboxylic acids is 1. The first-order chi connectivity index (χ1) is 16.7. The third-order valence-corrected chi connectivity index (χ3v) is 7.77. The molecule has 0 saturated carbocycles. The second kappa shape index (κ2) is 13.5. The van der Waals surface area contributed by atoms with Crippen molar-refractivity contribution in [1.82, 2.24) is 9.62 Å². The fourth-order valence-electron chi connectivity index (χ4n) is 3.90. The van der Waals surface area contributed by atoms with Crippen molar-refractivity contribution in [1.29, 1.82) is 0 Å². The van der Waals surface area contributed by atoms with Crippen LogP contribution >= 0.6 is 0 Å². The molecule has 2 aromatic rings. The Balaban J connectivity index is 0.00000210. The molecule has 1 fully saturated rings. The Kier molecular flexibility index (Phi) is 11.1. The molecule has 0 radical (unpaired) electrons. The Labute approximate surface area is 206 Å². The average Bonchev–Trinajstić information content (AvgIpc) is 2.87. The lowest BCUT2D eigenvalue weighted by Gasteiger charge is -2.41. The highest BCUT2D eigenvalue weighted by molar-refractivity contribution is 7.89. The number of carbonyl (C=O) groups is 1. The van der Waals surface area contributed by atoms with Crippen molar-refractivity contribution in [3.63, 3.8) is 0 Å². The van der Waals surface area contributed by atoms with Gasteiger partial charge < -0.3 is 25.5 Å². The summed E-state index contributed by atoms with van der Waals surface area (Å²) >= 11 is 0. The number of aliphatic carboxylic acids is 1. The SMILES string of the molecule is CCCCNC[C@]1(O)CCN(S(=O)(=O)c2ccc(OCc3ccccc3)cc2)[C@@H](C(=O)O)C1.NO. The van der Waals surface area contributed by atoms with Crippen molar-refractivity contribution in [3.8, 4) is 5.75 Å². The molecule has 1 heterocycles. The van der Waals surface area contributed by atoms with Crippen LogP contribution in [0.2, 0.25) is 0 Å². The van der Waals surface area contributed by atoms with E-state index in [0.717, 1.165) is 29.3 Å². The van der Waals surface area contributed by atoms with E-state index in [1.807, 2.05) is 30.3 Å². The van der Waals surface area contributed by atoms with Crippen molar-refractivity contribution < 1.29 is 33.4 Å². The zero-order valence-corrected chi connectivity index (χ0v) is 20.7. The van der Waals surface area contributed by atoms with Crippen LogP contribution in [0.3, 0.4) is 0 Å². The fraction of sp³-hybridized carbons (Fsp3) is 0.458. The van der Waals surface area contributed by atoms with E-state index in [1.165, 1.54) is 12.1 Å². The Morgan fingerprint density at radius 3 is 2.43 bits per heavy atom. The number of sulfonamides is 1. The number of nitrogens with one attached hydrogen (secondary N) is 1. The third kappa shape index (κ3) is 7.99. The minimum atomic E-state index is -4.05. The Morgan fingerprint density at radius 1 is 1.17 bits per heavy atom. The summed E-state index contributed by atoms with van der Waals surface area (Å²) in [5.74, 6) is 2.74. The van der Waals surface area contributed by atoms with Gasteiger partial charge in [0.1, 0.15) is 18.4 Å². The van der Waals surface area contributed by atoms with Gasteiger partial charge in [-0.05, 0) is 49.2 Å². The third-order valence-electron chi connectivity index (χ3n) is 5.84. The maximum atomic E-state index is 13.2. The minimum absolute atomic E-state index is 0.00711. The predicted molar refractivity (Wildman–Crippen MR) is 130 cm³/mol. The first-order valence-corrected chi connectivity index (χ1v) is 12.9. The maximum Gasteiger partial charge on any atom is 0.322 e. The molecule has 0 aliphatic carbocycles. The fourth-order valence-corrected chi connectivity index (χ4v) is 5.49. The molecular weight excluding hydrogens is 474 g/mol. The quantitative estimate of drug-likeness (QED) is 0.225. The van der Waals surface area contributed by atoms with Crippen LogP contribution in [0, 0.1) is 0 Å². The lowest BCUT2D eigenvalue weighted by Crippen LogP contribution is -2.58. The van der Waals surface area contributed by atoms with E-state index in [1.54, 1.807) is 12.1 Å². The van der Waals surface area contributed by atoms with E-state index in [2.05, 4.69) is 18.1 Å². The number of hydrogen-bond acceptors (Lipinski definition) is 8. The standard InChI is InChI=1S/C24H32N2O6S.H3NO/c1-2-3-14-25-18-24(29)13-15-26(22(16-24)23(27)28)33(30,31)21-11-9-20(10-12-21)32-17-19-7-5-4-6-8-19;1-2/h4-12,22,25,29H,2-3,13-18H2,1H3,(H,27,28);2H,1H2/t22-,24+;/m1./s1. The van der Waals surface area contributed by atoms with Crippen molar-refractivity contribution in [2.75, 3.05) is 19.6 Å². The smallest absolute Gasteiger partial charge is 0.322 e. The molecule has 0 bridgehead atoms. The molecular formula is C24H35N3O7S. The Bertz CT molecular complexity index is 1020. The molecule has 11 heteroatoms. The molecule has 1 aliphatic heterocycles. The van der Waals surface area contributed by atoms with Crippen LogP contribution in [0.15, 0.2) is 59.5 Å². The molecule has 6 N–H and O–H groups in total. The lowest BCUT2D eigenvalue weighted by molar-refractivity contribution is -0.146. The van der Waals surface area contributed by atoms with Crippen LogP contribution in [0.4, 0.5) is 0 Å². The van der Waals surface area contributed by atoms with Gasteiger partial charge in [0, 0.05) is 19.5 Å². The number of nitrogens with two attached hydrogens (primary N) is 1. The summed E-state index contributed by atoms with van der Waals surface area (Å²) in [4.78, 5) is 11.9. The molecule has 194 valence electrons. The van der Waals surface area contributed by atoms with Gasteiger partial charge in [-0.3, -0.25) is 4.79 Å². The number of benzene rings is 2. The topological polar surface area (TPSA) is 162 Å². The van der Waals surface area contributed by atoms with Crippen molar-refractivity contribution in [3.05, 3.63) is 60.2 Å². The summed E-state index contributed by atoms with van der Waals surface area (Å²) in [6.07, 6.45) is 1.95. The van der Waals surface area contributed by atoms with Gasteiger partial charge >= 0.3 is 5.97 Å². The van der Waals surface area contributed by atoms with Crippen molar-refractivity contribution in [2.24, 2.45) is 5.90 Å². The summed E-state index contributed by atoms with van der Waals surface area (Å²) in [7, 11) is -4.05. The average molecular weight is 510 g/mol. The van der Waals surface area contributed by atoms with E-state index in [-0.39, 0.29) is 30.8 Å². The molecule has 1 saturated heterocycles. The van der Waals surface area contributed by atoms with Crippen LogP contribution in [-0.4, -0.2) is 65.4 Å². The first kappa shape index (κ1) is 28.7. The van der Waals surface area contributed by atoms with Gasteiger partial charge in [0.2, 0.25) is 10.0 Å². The summed E-state index contributed by atoms with van der Waals surface area (Å²) in [6.45, 7) is 3.29. The molecule has 0 aromatic heterocycles. The zero-order valence-electron chi connectivity index (χ0n) is 19.8. The summed E-state index contributed by atoms with van der Waals surface area (Å²) in [6, 6.07) is 14.2. The van der Waals surface area contributed by atoms with Crippen LogP contribution < -0.4 is 16.0 Å². The number of unbranched alkanes of at least 4 members (excludes halogenated alkanes) is 1.